The van der Waals surface area contributed by atoms with E-state index < -0.39 is 18.0 Å². The Bertz CT molecular complexity index is 940. The Labute approximate surface area is 154 Å². The van der Waals surface area contributed by atoms with Crippen LogP contribution in [0.5, 0.6) is 0 Å². The van der Waals surface area contributed by atoms with E-state index in [1.165, 1.54) is 24.3 Å². The summed E-state index contributed by atoms with van der Waals surface area (Å²) in [6.07, 6.45) is -1.17. The SMILES string of the molecule is Cc1noc(-c2ccc(F)cc2)c1N(C(=O)O)C(C)c1ccccc1Cl. The van der Waals surface area contributed by atoms with Gasteiger partial charge in [-0.2, -0.15) is 0 Å². The van der Waals surface area contributed by atoms with E-state index in [4.69, 9.17) is 16.1 Å². The number of aromatic nitrogens is 1. The minimum absolute atomic E-state index is 0.254. The van der Waals surface area contributed by atoms with Crippen LogP contribution in [0.3, 0.4) is 0 Å². The van der Waals surface area contributed by atoms with E-state index in [-0.39, 0.29) is 5.76 Å². The number of carboxylic acid groups (broad SMARTS) is 1. The summed E-state index contributed by atoms with van der Waals surface area (Å²) < 4.78 is 18.6. The Morgan fingerprint density at radius 2 is 1.88 bits per heavy atom. The molecule has 1 unspecified atom stereocenters. The Morgan fingerprint density at radius 3 is 2.50 bits per heavy atom. The first-order valence-corrected chi connectivity index (χ1v) is 8.26. The molecule has 0 spiro atoms. The van der Waals surface area contributed by atoms with Gasteiger partial charge in [0.2, 0.25) is 0 Å². The second-order valence-corrected chi connectivity index (χ2v) is 6.21. The highest BCUT2D eigenvalue weighted by Gasteiger charge is 2.31. The van der Waals surface area contributed by atoms with Crippen molar-refractivity contribution in [1.29, 1.82) is 0 Å². The smallest absolute Gasteiger partial charge is 0.412 e. The highest BCUT2D eigenvalue weighted by atomic mass is 35.5. The van der Waals surface area contributed by atoms with E-state index in [1.807, 2.05) is 0 Å². The van der Waals surface area contributed by atoms with Gasteiger partial charge < -0.3 is 9.63 Å². The van der Waals surface area contributed by atoms with Crippen molar-refractivity contribution < 1.29 is 18.8 Å². The van der Waals surface area contributed by atoms with Gasteiger partial charge in [-0.3, -0.25) is 4.90 Å². The number of hydrogen-bond acceptors (Lipinski definition) is 3. The van der Waals surface area contributed by atoms with Crippen LogP contribution in [-0.4, -0.2) is 16.4 Å². The molecule has 1 N–H and O–H groups in total. The predicted molar refractivity (Wildman–Crippen MR) is 97.0 cm³/mol. The van der Waals surface area contributed by atoms with Crippen LogP contribution in [0, 0.1) is 12.7 Å². The van der Waals surface area contributed by atoms with E-state index in [0.717, 1.165) is 4.90 Å². The molecule has 3 rings (SSSR count). The van der Waals surface area contributed by atoms with Gasteiger partial charge in [0.1, 0.15) is 17.2 Å². The van der Waals surface area contributed by atoms with E-state index in [1.54, 1.807) is 38.1 Å². The number of anilines is 1. The van der Waals surface area contributed by atoms with Gasteiger partial charge in [0, 0.05) is 10.6 Å². The Kier molecular flexibility index (Phi) is 4.95. The lowest BCUT2D eigenvalue weighted by molar-refractivity contribution is 0.199. The molecule has 3 aromatic rings. The van der Waals surface area contributed by atoms with Crippen molar-refractivity contribution in [2.75, 3.05) is 4.90 Å². The lowest BCUT2D eigenvalue weighted by atomic mass is 10.0. The third-order valence-corrected chi connectivity index (χ3v) is 4.47. The molecule has 0 aliphatic rings. The van der Waals surface area contributed by atoms with Crippen molar-refractivity contribution in [2.24, 2.45) is 0 Å². The van der Waals surface area contributed by atoms with E-state index in [2.05, 4.69) is 5.16 Å². The van der Waals surface area contributed by atoms with Crippen molar-refractivity contribution >= 4 is 23.4 Å². The Balaban J connectivity index is 2.13. The summed E-state index contributed by atoms with van der Waals surface area (Å²) in [7, 11) is 0. The molecule has 5 nitrogen and oxygen atoms in total. The van der Waals surface area contributed by atoms with Gasteiger partial charge in [0.25, 0.3) is 0 Å². The van der Waals surface area contributed by atoms with Crippen LogP contribution in [0.15, 0.2) is 53.1 Å². The largest absolute Gasteiger partial charge is 0.465 e. The van der Waals surface area contributed by atoms with Gasteiger partial charge in [-0.15, -0.1) is 0 Å². The molecule has 26 heavy (non-hydrogen) atoms. The number of carbonyl (C=O) groups is 1. The first-order chi connectivity index (χ1) is 12.4. The molecule has 2 aromatic carbocycles. The standard InChI is InChI=1S/C19H16ClFN2O3/c1-11-17(18(26-22-11)13-7-9-14(21)10-8-13)23(19(24)25)12(2)15-5-3-4-6-16(15)20/h3-10,12H,1-2H3,(H,24,25). The molecule has 1 aromatic heterocycles. The molecular formula is C19H16ClFN2O3. The molecular weight excluding hydrogens is 359 g/mol. The third kappa shape index (κ3) is 3.28. The van der Waals surface area contributed by atoms with Gasteiger partial charge >= 0.3 is 6.09 Å². The van der Waals surface area contributed by atoms with Crippen molar-refractivity contribution in [2.45, 2.75) is 19.9 Å². The maximum atomic E-state index is 13.2. The summed E-state index contributed by atoms with van der Waals surface area (Å²) in [4.78, 5) is 13.2. The van der Waals surface area contributed by atoms with Crippen LogP contribution in [0.4, 0.5) is 14.9 Å². The van der Waals surface area contributed by atoms with E-state index >= 15 is 0 Å². The fourth-order valence-corrected chi connectivity index (χ4v) is 3.14. The summed E-state index contributed by atoms with van der Waals surface area (Å²) >= 11 is 6.24. The summed E-state index contributed by atoms with van der Waals surface area (Å²) in [5.74, 6) is -0.144. The molecule has 0 aliphatic carbocycles. The van der Waals surface area contributed by atoms with Crippen LogP contribution in [0.1, 0.15) is 24.2 Å². The van der Waals surface area contributed by atoms with Gasteiger partial charge in [-0.05, 0) is 49.7 Å². The molecule has 0 aliphatic heterocycles. The molecule has 0 saturated carbocycles. The number of benzene rings is 2. The summed E-state index contributed by atoms with van der Waals surface area (Å²) in [5.41, 5.74) is 1.89. The minimum atomic E-state index is -1.17. The fourth-order valence-electron chi connectivity index (χ4n) is 2.85. The molecule has 0 radical (unpaired) electrons. The van der Waals surface area contributed by atoms with Gasteiger partial charge in [0.05, 0.1) is 6.04 Å². The maximum Gasteiger partial charge on any atom is 0.412 e. The highest BCUT2D eigenvalue weighted by Crippen LogP contribution is 2.39. The molecule has 0 fully saturated rings. The Morgan fingerprint density at radius 1 is 1.23 bits per heavy atom. The lowest BCUT2D eigenvalue weighted by Crippen LogP contribution is -2.33. The number of aryl methyl sites for hydroxylation is 1. The maximum absolute atomic E-state index is 13.2. The number of halogens is 2. The number of hydrogen-bond donors (Lipinski definition) is 1. The lowest BCUT2D eigenvalue weighted by Gasteiger charge is -2.27. The Hall–Kier alpha value is -2.86. The average Bonchev–Trinajstić information content (AvgIpc) is 2.97. The molecule has 1 heterocycles. The first-order valence-electron chi connectivity index (χ1n) is 7.89. The van der Waals surface area contributed by atoms with E-state index in [0.29, 0.717) is 27.5 Å². The second-order valence-electron chi connectivity index (χ2n) is 5.80. The summed E-state index contributed by atoms with van der Waals surface area (Å²) in [6, 6.07) is 12.0. The quantitative estimate of drug-likeness (QED) is 0.637. The van der Waals surface area contributed by atoms with Gasteiger partial charge in [-0.1, -0.05) is 35.0 Å². The highest BCUT2D eigenvalue weighted by molar-refractivity contribution is 6.31. The summed E-state index contributed by atoms with van der Waals surface area (Å²) in [5, 5.41) is 14.2. The van der Waals surface area contributed by atoms with Gasteiger partial charge in [0.15, 0.2) is 5.76 Å². The zero-order chi connectivity index (χ0) is 18.8. The molecule has 1 amide bonds. The topological polar surface area (TPSA) is 66.6 Å². The monoisotopic (exact) mass is 374 g/mol. The van der Waals surface area contributed by atoms with Crippen molar-refractivity contribution in [3.63, 3.8) is 0 Å². The van der Waals surface area contributed by atoms with Crippen molar-refractivity contribution in [3.8, 4) is 11.3 Å². The zero-order valence-corrected chi connectivity index (χ0v) is 14.9. The number of amides is 1. The normalized spacial score (nSPS) is 12.0. The fraction of sp³-hybridized carbons (Fsp3) is 0.158. The zero-order valence-electron chi connectivity index (χ0n) is 14.1. The van der Waals surface area contributed by atoms with Crippen LogP contribution in [0.25, 0.3) is 11.3 Å². The summed E-state index contributed by atoms with van der Waals surface area (Å²) in [6.45, 7) is 3.39. The predicted octanol–water partition coefficient (Wildman–Crippen LogP) is 5.69. The second kappa shape index (κ2) is 7.17. The molecule has 7 heteroatoms. The van der Waals surface area contributed by atoms with Crippen molar-refractivity contribution in [3.05, 3.63) is 70.6 Å². The first kappa shape index (κ1) is 17.9. The number of rotatable bonds is 4. The minimum Gasteiger partial charge on any atom is -0.465 e. The molecule has 1 atom stereocenters. The molecule has 0 bridgehead atoms. The van der Waals surface area contributed by atoms with Crippen LogP contribution in [0.2, 0.25) is 5.02 Å². The van der Waals surface area contributed by atoms with Crippen LogP contribution >= 0.6 is 11.6 Å². The van der Waals surface area contributed by atoms with E-state index in [9.17, 15) is 14.3 Å². The third-order valence-electron chi connectivity index (χ3n) is 4.13. The molecule has 134 valence electrons. The van der Waals surface area contributed by atoms with Crippen molar-refractivity contribution in [1.82, 2.24) is 5.16 Å². The number of nitrogens with zero attached hydrogens (tertiary/aromatic N) is 2. The van der Waals surface area contributed by atoms with Crippen LogP contribution in [-0.2, 0) is 0 Å². The molecule has 0 saturated heterocycles. The van der Waals surface area contributed by atoms with Gasteiger partial charge in [-0.25, -0.2) is 9.18 Å². The van der Waals surface area contributed by atoms with Crippen LogP contribution < -0.4 is 4.90 Å². The average molecular weight is 375 g/mol.